The fourth-order valence-electron chi connectivity index (χ4n) is 2.30. The van der Waals surface area contributed by atoms with Crippen LogP contribution in [0, 0.1) is 11.3 Å². The lowest BCUT2D eigenvalue weighted by atomic mass is 10.0. The van der Waals surface area contributed by atoms with E-state index in [4.69, 9.17) is 25.4 Å². The van der Waals surface area contributed by atoms with Crippen LogP contribution in [0.5, 0.6) is 5.75 Å². The van der Waals surface area contributed by atoms with Gasteiger partial charge in [-0.05, 0) is 36.5 Å². The highest BCUT2D eigenvalue weighted by atomic mass is 16.5. The van der Waals surface area contributed by atoms with Crippen molar-refractivity contribution in [2.75, 3.05) is 26.9 Å². The molecule has 5 nitrogen and oxygen atoms in total. The van der Waals surface area contributed by atoms with Crippen molar-refractivity contribution < 1.29 is 14.2 Å². The van der Waals surface area contributed by atoms with Gasteiger partial charge in [-0.2, -0.15) is 0 Å². The molecule has 1 fully saturated rings. The number of hydrogen-bond donors (Lipinski definition) is 2. The summed E-state index contributed by atoms with van der Waals surface area (Å²) in [5, 5.41) is 7.48. The van der Waals surface area contributed by atoms with E-state index in [1.54, 1.807) is 13.2 Å². The molecule has 1 aliphatic rings. The van der Waals surface area contributed by atoms with Crippen LogP contribution in [-0.4, -0.2) is 32.8 Å². The van der Waals surface area contributed by atoms with Crippen molar-refractivity contribution in [1.29, 1.82) is 5.41 Å². The molecule has 0 saturated carbocycles. The molecule has 1 saturated heterocycles. The lowest BCUT2D eigenvalue weighted by Crippen LogP contribution is -2.20. The second-order valence-electron chi connectivity index (χ2n) is 5.02. The van der Waals surface area contributed by atoms with Crippen molar-refractivity contribution in [3.05, 3.63) is 29.3 Å². The molecule has 0 spiro atoms. The van der Waals surface area contributed by atoms with E-state index in [1.165, 1.54) is 0 Å². The van der Waals surface area contributed by atoms with Gasteiger partial charge in [-0.15, -0.1) is 0 Å². The van der Waals surface area contributed by atoms with E-state index in [-0.39, 0.29) is 5.84 Å². The first-order valence-corrected chi connectivity index (χ1v) is 6.87. The van der Waals surface area contributed by atoms with Gasteiger partial charge in [0.25, 0.3) is 0 Å². The molecule has 1 aromatic rings. The summed E-state index contributed by atoms with van der Waals surface area (Å²) in [4.78, 5) is 0. The molecule has 0 aliphatic carbocycles. The maximum Gasteiger partial charge on any atom is 0.130 e. The number of nitrogen functional groups attached to an aromatic ring is 1. The zero-order valence-corrected chi connectivity index (χ0v) is 11.9. The zero-order valence-electron chi connectivity index (χ0n) is 11.9. The van der Waals surface area contributed by atoms with Gasteiger partial charge < -0.3 is 19.9 Å². The first-order chi connectivity index (χ1) is 9.70. The van der Waals surface area contributed by atoms with Gasteiger partial charge in [0.1, 0.15) is 11.6 Å². The molecule has 0 aromatic heterocycles. The summed E-state index contributed by atoms with van der Waals surface area (Å²) in [6.45, 7) is 3.00. The van der Waals surface area contributed by atoms with Crippen LogP contribution in [0.25, 0.3) is 0 Å². The van der Waals surface area contributed by atoms with Gasteiger partial charge in [-0.1, -0.05) is 6.07 Å². The lowest BCUT2D eigenvalue weighted by Gasteiger charge is -2.21. The summed E-state index contributed by atoms with van der Waals surface area (Å²) < 4.78 is 16.3. The summed E-state index contributed by atoms with van der Waals surface area (Å²) in [7, 11) is 1.58. The van der Waals surface area contributed by atoms with Crippen LogP contribution in [0.2, 0.25) is 0 Å². The highest BCUT2D eigenvalue weighted by Gasteiger charge is 2.14. The number of amidine groups is 1. The molecule has 2 rings (SSSR count). The van der Waals surface area contributed by atoms with Crippen molar-refractivity contribution in [2.24, 2.45) is 11.7 Å². The summed E-state index contributed by atoms with van der Waals surface area (Å²) in [6.07, 6.45) is 2.15. The minimum Gasteiger partial charge on any atom is -0.496 e. The van der Waals surface area contributed by atoms with Crippen LogP contribution in [0.1, 0.15) is 24.0 Å². The zero-order chi connectivity index (χ0) is 14.4. The first-order valence-electron chi connectivity index (χ1n) is 6.87. The fourth-order valence-corrected chi connectivity index (χ4v) is 2.30. The molecule has 3 N–H and O–H groups in total. The maximum atomic E-state index is 7.48. The molecule has 0 bridgehead atoms. The molecular formula is C15H22N2O3. The van der Waals surface area contributed by atoms with Crippen molar-refractivity contribution in [3.8, 4) is 5.75 Å². The predicted octanol–water partition coefficient (Wildman–Crippen LogP) is 1.92. The maximum absolute atomic E-state index is 7.48. The number of nitrogens with two attached hydrogens (primary N) is 1. The number of benzene rings is 1. The Balaban J connectivity index is 1.87. The van der Waals surface area contributed by atoms with E-state index in [2.05, 4.69) is 0 Å². The van der Waals surface area contributed by atoms with E-state index >= 15 is 0 Å². The van der Waals surface area contributed by atoms with Gasteiger partial charge in [-0.3, -0.25) is 5.41 Å². The Morgan fingerprint density at radius 2 is 2.15 bits per heavy atom. The van der Waals surface area contributed by atoms with E-state index in [0.29, 0.717) is 23.8 Å². The van der Waals surface area contributed by atoms with E-state index < -0.39 is 0 Å². The Kier molecular flexibility index (Phi) is 5.38. The van der Waals surface area contributed by atoms with E-state index in [0.717, 1.165) is 38.2 Å². The quantitative estimate of drug-likeness (QED) is 0.615. The average Bonchev–Trinajstić information content (AvgIpc) is 2.48. The van der Waals surface area contributed by atoms with Crippen LogP contribution in [-0.2, 0) is 16.1 Å². The standard InChI is InChI=1S/C15H22N2O3/c1-18-14-8-12(2-3-13(14)15(16)17)10-20-9-11-4-6-19-7-5-11/h2-3,8,11H,4-7,9-10H2,1H3,(H3,16,17). The SMILES string of the molecule is COc1cc(COCC2CCOCC2)ccc1C(=N)N. The number of methoxy groups -OCH3 is 1. The molecule has 0 radical (unpaired) electrons. The number of rotatable bonds is 6. The third-order valence-corrected chi connectivity index (χ3v) is 3.52. The second-order valence-corrected chi connectivity index (χ2v) is 5.02. The van der Waals surface area contributed by atoms with E-state index in [1.807, 2.05) is 12.1 Å². The van der Waals surface area contributed by atoms with Crippen LogP contribution in [0.15, 0.2) is 18.2 Å². The molecule has 0 atom stereocenters. The summed E-state index contributed by atoms with van der Waals surface area (Å²) in [5.74, 6) is 1.23. The monoisotopic (exact) mass is 278 g/mol. The van der Waals surface area contributed by atoms with Crippen LogP contribution in [0.3, 0.4) is 0 Å². The van der Waals surface area contributed by atoms with Crippen molar-refractivity contribution >= 4 is 5.84 Å². The molecule has 5 heteroatoms. The van der Waals surface area contributed by atoms with Gasteiger partial charge in [0, 0.05) is 13.2 Å². The molecule has 1 aromatic carbocycles. The molecule has 0 amide bonds. The van der Waals surface area contributed by atoms with Crippen molar-refractivity contribution in [2.45, 2.75) is 19.4 Å². The Labute approximate surface area is 119 Å². The molecule has 0 unspecified atom stereocenters. The lowest BCUT2D eigenvalue weighted by molar-refractivity contribution is 0.0157. The third kappa shape index (κ3) is 3.95. The van der Waals surface area contributed by atoms with Crippen molar-refractivity contribution in [1.82, 2.24) is 0 Å². The van der Waals surface area contributed by atoms with E-state index in [9.17, 15) is 0 Å². The Hall–Kier alpha value is -1.59. The smallest absolute Gasteiger partial charge is 0.130 e. The highest BCUT2D eigenvalue weighted by Crippen LogP contribution is 2.21. The van der Waals surface area contributed by atoms with Gasteiger partial charge >= 0.3 is 0 Å². The van der Waals surface area contributed by atoms with Gasteiger partial charge in [-0.25, -0.2) is 0 Å². The van der Waals surface area contributed by atoms with Crippen LogP contribution < -0.4 is 10.5 Å². The molecule has 110 valence electrons. The van der Waals surface area contributed by atoms with Gasteiger partial charge in [0.2, 0.25) is 0 Å². The van der Waals surface area contributed by atoms with Crippen molar-refractivity contribution in [3.63, 3.8) is 0 Å². The van der Waals surface area contributed by atoms with Gasteiger partial charge in [0.15, 0.2) is 0 Å². The van der Waals surface area contributed by atoms with Crippen LogP contribution in [0.4, 0.5) is 0 Å². The number of nitrogens with one attached hydrogen (secondary N) is 1. The second kappa shape index (κ2) is 7.26. The third-order valence-electron chi connectivity index (χ3n) is 3.52. The Bertz CT molecular complexity index is 456. The van der Waals surface area contributed by atoms with Crippen LogP contribution >= 0.6 is 0 Å². The summed E-state index contributed by atoms with van der Waals surface area (Å²) >= 11 is 0. The Morgan fingerprint density at radius 3 is 2.80 bits per heavy atom. The predicted molar refractivity (Wildman–Crippen MR) is 77.2 cm³/mol. The minimum atomic E-state index is 0.0107. The molecule has 20 heavy (non-hydrogen) atoms. The topological polar surface area (TPSA) is 77.6 Å². The summed E-state index contributed by atoms with van der Waals surface area (Å²) in [6, 6.07) is 5.60. The molecule has 1 heterocycles. The number of hydrogen-bond acceptors (Lipinski definition) is 4. The fraction of sp³-hybridized carbons (Fsp3) is 0.533. The largest absolute Gasteiger partial charge is 0.496 e. The average molecular weight is 278 g/mol. The normalized spacial score (nSPS) is 16.1. The highest BCUT2D eigenvalue weighted by molar-refractivity contribution is 5.97. The minimum absolute atomic E-state index is 0.0107. The van der Waals surface area contributed by atoms with Gasteiger partial charge in [0.05, 0.1) is 25.9 Å². The molecule has 1 aliphatic heterocycles. The number of ether oxygens (including phenoxy) is 3. The first kappa shape index (κ1) is 14.8. The molecular weight excluding hydrogens is 256 g/mol. The summed E-state index contributed by atoms with van der Waals surface area (Å²) in [5.41, 5.74) is 7.14. The Morgan fingerprint density at radius 1 is 1.40 bits per heavy atom.